The van der Waals surface area contributed by atoms with Gasteiger partial charge in [0, 0.05) is 12.2 Å². The second kappa shape index (κ2) is 30.6. The molecule has 64 heavy (non-hydrogen) atoms. The molecule has 0 aliphatic carbocycles. The average Bonchev–Trinajstić information content (AvgIpc) is 3.25. The van der Waals surface area contributed by atoms with Gasteiger partial charge in [-0.05, 0) is 61.8 Å². The van der Waals surface area contributed by atoms with E-state index in [1.165, 1.54) is 0 Å². The molecule has 0 saturated carbocycles. The molecule has 0 saturated heterocycles. The summed E-state index contributed by atoms with van der Waals surface area (Å²) in [5.74, 6) is -9.67. The lowest BCUT2D eigenvalue weighted by molar-refractivity contribution is -0.144. The molecule has 0 aromatic carbocycles. The number of rotatable bonds is 32. The zero-order valence-electron chi connectivity index (χ0n) is 39.5. The van der Waals surface area contributed by atoms with Crippen LogP contribution in [0.5, 0.6) is 0 Å². The van der Waals surface area contributed by atoms with Crippen LogP contribution in [0.4, 0.5) is 0 Å². The molecule has 0 rings (SSSR count). The fourth-order valence-electron chi connectivity index (χ4n) is 6.45. The van der Waals surface area contributed by atoms with E-state index in [4.69, 9.17) is 11.5 Å². The van der Waals surface area contributed by atoms with Crippen molar-refractivity contribution in [2.45, 2.75) is 175 Å². The van der Waals surface area contributed by atoms with Crippen LogP contribution in [-0.2, 0) is 43.2 Å². The van der Waals surface area contributed by atoms with E-state index >= 15 is 0 Å². The van der Waals surface area contributed by atoms with Gasteiger partial charge in [-0.15, -0.1) is 0 Å². The summed E-state index contributed by atoms with van der Waals surface area (Å²) >= 11 is 4.21. The van der Waals surface area contributed by atoms with Crippen molar-refractivity contribution in [1.29, 1.82) is 0 Å². The Morgan fingerprint density at radius 3 is 1.31 bits per heavy atom. The summed E-state index contributed by atoms with van der Waals surface area (Å²) in [7, 11) is 0. The molecule has 13 N–H and O–H groups in total. The van der Waals surface area contributed by atoms with Crippen molar-refractivity contribution in [3.63, 3.8) is 0 Å². The summed E-state index contributed by atoms with van der Waals surface area (Å²) in [5.41, 5.74) is 11.7. The minimum Gasteiger partial charge on any atom is -0.481 e. The van der Waals surface area contributed by atoms with E-state index in [0.29, 0.717) is 32.1 Å². The molecule has 7 amide bonds. The Balaban J connectivity index is 6.57. The highest BCUT2D eigenvalue weighted by Crippen LogP contribution is 2.16. The van der Waals surface area contributed by atoms with Crippen molar-refractivity contribution in [3.8, 4) is 0 Å². The molecule has 0 heterocycles. The summed E-state index contributed by atoms with van der Waals surface area (Å²) < 4.78 is 0. The normalized spacial score (nSPS) is 17.0. The van der Waals surface area contributed by atoms with Crippen molar-refractivity contribution in [3.05, 3.63) is 0 Å². The number of nitrogens with two attached hydrogens (primary N) is 2. The van der Waals surface area contributed by atoms with Crippen LogP contribution in [0.25, 0.3) is 0 Å². The number of hydrogen-bond acceptors (Lipinski definition) is 12. The highest BCUT2D eigenvalue weighted by molar-refractivity contribution is 7.80. The van der Waals surface area contributed by atoms with Crippen LogP contribution in [0.1, 0.15) is 127 Å². The van der Waals surface area contributed by atoms with Crippen molar-refractivity contribution < 1.29 is 53.4 Å². The Hall–Kier alpha value is -4.50. The van der Waals surface area contributed by atoms with Gasteiger partial charge < -0.3 is 58.9 Å². The SMILES string of the molecule is CC[C@H](C)[C@H](N)C(=O)N[C@@H](CS)C(=O)N[C@@H](CC(C)C)C(=O)N[C@@H](CCC(=O)O)C(=O)N[C@H](C(=O)N[C@H](C(=O)N[C@@H](CCCN)C(=O)N[C@H](C(=O)O)[C@@H](C)CC)[C@@H](C)CC)[C@@H](C)CC. The largest absolute Gasteiger partial charge is 0.481 e. The van der Waals surface area contributed by atoms with E-state index in [9.17, 15) is 53.4 Å². The highest BCUT2D eigenvalue weighted by atomic mass is 32.1. The van der Waals surface area contributed by atoms with Gasteiger partial charge in [-0.2, -0.15) is 12.6 Å². The van der Waals surface area contributed by atoms with Crippen molar-refractivity contribution in [2.75, 3.05) is 12.3 Å². The topological polar surface area (TPSA) is 330 Å². The third kappa shape index (κ3) is 20.6. The molecule has 20 nitrogen and oxygen atoms in total. The molecule has 0 aromatic heterocycles. The maximum atomic E-state index is 14.1. The molecule has 0 unspecified atom stereocenters. The maximum Gasteiger partial charge on any atom is 0.326 e. The van der Waals surface area contributed by atoms with Crippen molar-refractivity contribution >= 4 is 65.9 Å². The number of amides is 7. The molecule has 0 aromatic rings. The number of carbonyl (C=O) groups is 9. The standard InChI is InChI=1S/C43H79N9O11S/c1-11-23(7)32(45)40(59)49-30(21-64)39(58)48-29(20-22(5)6)38(57)46-28(17-18-31(53)54)37(56)50-34(25(9)13-3)42(61)51-33(24(8)12-2)41(60)47-27(16-15-19-44)36(55)52-35(43(62)63)26(10)14-4/h22-30,32-35,64H,11-21,44-45H2,1-10H3,(H,46,57)(H,47,60)(H,48,58)(H,49,59)(H,50,56)(H,51,61)(H,52,55)(H,53,54)(H,62,63)/t23-,24-,25-,26-,27-,28-,29-,30-,32-,33-,34-,35-/m0/s1. The number of thiol groups is 1. The zero-order valence-corrected chi connectivity index (χ0v) is 40.3. The fraction of sp³-hybridized carbons (Fsp3) is 0.791. The van der Waals surface area contributed by atoms with Gasteiger partial charge in [0.05, 0.1) is 6.04 Å². The second-order valence-corrected chi connectivity index (χ2v) is 17.7. The Morgan fingerprint density at radius 1 is 0.500 bits per heavy atom. The van der Waals surface area contributed by atoms with E-state index in [2.05, 4.69) is 49.8 Å². The molecule has 0 aliphatic heterocycles. The maximum absolute atomic E-state index is 14.1. The van der Waals surface area contributed by atoms with E-state index in [-0.39, 0.29) is 37.0 Å². The Bertz CT molecular complexity index is 1550. The molecule has 0 bridgehead atoms. The van der Waals surface area contributed by atoms with Crippen LogP contribution >= 0.6 is 12.6 Å². The van der Waals surface area contributed by atoms with Gasteiger partial charge in [0.1, 0.15) is 42.3 Å². The predicted octanol–water partition coefficient (Wildman–Crippen LogP) is 0.556. The van der Waals surface area contributed by atoms with Gasteiger partial charge in [-0.25, -0.2) is 4.79 Å². The predicted molar refractivity (Wildman–Crippen MR) is 245 cm³/mol. The number of aliphatic carboxylic acids is 2. The van der Waals surface area contributed by atoms with Gasteiger partial charge in [-0.3, -0.25) is 38.4 Å². The van der Waals surface area contributed by atoms with Crippen LogP contribution < -0.4 is 48.7 Å². The van der Waals surface area contributed by atoms with Crippen LogP contribution in [0.15, 0.2) is 0 Å². The lowest BCUT2D eigenvalue weighted by Gasteiger charge is -2.31. The monoisotopic (exact) mass is 930 g/mol. The molecular formula is C43H79N9O11S. The van der Waals surface area contributed by atoms with Crippen LogP contribution in [0.3, 0.4) is 0 Å². The first-order chi connectivity index (χ1) is 29.9. The Labute approximate surface area is 384 Å². The quantitative estimate of drug-likeness (QED) is 0.0411. The fourth-order valence-corrected chi connectivity index (χ4v) is 6.71. The van der Waals surface area contributed by atoms with E-state index in [1.807, 2.05) is 6.92 Å². The average molecular weight is 930 g/mol. The molecule has 21 heteroatoms. The van der Waals surface area contributed by atoms with Crippen molar-refractivity contribution in [1.82, 2.24) is 37.2 Å². The number of nitrogens with one attached hydrogen (secondary N) is 7. The summed E-state index contributed by atoms with van der Waals surface area (Å²) in [6.45, 7) is 17.8. The molecule has 0 aliphatic rings. The number of carbonyl (C=O) groups excluding carboxylic acids is 7. The van der Waals surface area contributed by atoms with Gasteiger partial charge >= 0.3 is 11.9 Å². The summed E-state index contributed by atoms with van der Waals surface area (Å²) in [5, 5.41) is 37.6. The summed E-state index contributed by atoms with van der Waals surface area (Å²) in [6.07, 6.45) is 1.39. The van der Waals surface area contributed by atoms with E-state index in [0.717, 1.165) is 0 Å². The highest BCUT2D eigenvalue weighted by Gasteiger charge is 2.37. The van der Waals surface area contributed by atoms with Crippen LogP contribution in [0, 0.1) is 29.6 Å². The van der Waals surface area contributed by atoms with Gasteiger partial charge in [-0.1, -0.05) is 94.9 Å². The lowest BCUT2D eigenvalue weighted by atomic mass is 9.94. The zero-order chi connectivity index (χ0) is 49.4. The molecular weight excluding hydrogens is 851 g/mol. The molecule has 12 atom stereocenters. The minimum absolute atomic E-state index is 0.0816. The third-order valence-electron chi connectivity index (χ3n) is 11.7. The lowest BCUT2D eigenvalue weighted by Crippen LogP contribution is -2.62. The second-order valence-electron chi connectivity index (χ2n) is 17.3. The molecule has 0 radical (unpaired) electrons. The minimum atomic E-state index is -1.50. The van der Waals surface area contributed by atoms with E-state index < -0.39 is 132 Å². The number of hydrogen-bond donors (Lipinski definition) is 12. The number of carboxylic acids is 2. The molecule has 0 spiro atoms. The van der Waals surface area contributed by atoms with Gasteiger partial charge in [0.2, 0.25) is 41.4 Å². The van der Waals surface area contributed by atoms with Crippen molar-refractivity contribution in [2.24, 2.45) is 41.1 Å². The summed E-state index contributed by atoms with van der Waals surface area (Å²) in [4.78, 5) is 119. The van der Waals surface area contributed by atoms with E-state index in [1.54, 1.807) is 62.3 Å². The summed E-state index contributed by atoms with van der Waals surface area (Å²) in [6, 6.07) is -9.71. The third-order valence-corrected chi connectivity index (χ3v) is 12.1. The number of carboxylic acid groups (broad SMARTS) is 2. The Morgan fingerprint density at radius 2 is 0.875 bits per heavy atom. The van der Waals surface area contributed by atoms with Gasteiger partial charge in [0.25, 0.3) is 0 Å². The first kappa shape index (κ1) is 59.5. The molecule has 368 valence electrons. The Kier molecular flexibility index (Phi) is 28.5. The van der Waals surface area contributed by atoms with Crippen LogP contribution in [0.2, 0.25) is 0 Å². The first-order valence-electron chi connectivity index (χ1n) is 22.6. The first-order valence-corrected chi connectivity index (χ1v) is 23.2. The smallest absolute Gasteiger partial charge is 0.326 e. The molecule has 0 fully saturated rings. The van der Waals surface area contributed by atoms with Crippen LogP contribution in [-0.4, -0.2) is 124 Å². The van der Waals surface area contributed by atoms with Gasteiger partial charge in [0.15, 0.2) is 0 Å².